The van der Waals surface area contributed by atoms with Gasteiger partial charge in [-0.1, -0.05) is 19.1 Å². The Balaban J connectivity index is 1.92. The second-order valence-corrected chi connectivity index (χ2v) is 5.57. The molecule has 0 unspecified atom stereocenters. The maximum atomic E-state index is 6.11. The molecule has 0 bridgehead atoms. The number of nitrogens with zero attached hydrogens (tertiary/aromatic N) is 4. The van der Waals surface area contributed by atoms with E-state index in [0.29, 0.717) is 5.82 Å². The SMILES string of the molecule is CCCn1cc2c(n1)c(N)nc1cc(C3=CC=NC3)ccc12. The van der Waals surface area contributed by atoms with Gasteiger partial charge in [-0.15, -0.1) is 0 Å². The Morgan fingerprint density at radius 3 is 2.95 bits per heavy atom. The molecule has 2 N–H and O–H groups in total. The molecule has 3 aromatic rings. The number of hydrogen-bond acceptors (Lipinski definition) is 4. The van der Waals surface area contributed by atoms with Gasteiger partial charge in [-0.05, 0) is 29.7 Å². The van der Waals surface area contributed by atoms with Crippen LogP contribution >= 0.6 is 0 Å². The number of hydrogen-bond donors (Lipinski definition) is 1. The predicted molar refractivity (Wildman–Crippen MR) is 91.1 cm³/mol. The highest BCUT2D eigenvalue weighted by atomic mass is 15.3. The van der Waals surface area contributed by atoms with Gasteiger partial charge >= 0.3 is 0 Å². The summed E-state index contributed by atoms with van der Waals surface area (Å²) < 4.78 is 1.95. The quantitative estimate of drug-likeness (QED) is 0.806. The normalized spacial score (nSPS) is 14.1. The van der Waals surface area contributed by atoms with Crippen LogP contribution in [-0.4, -0.2) is 27.5 Å². The average molecular weight is 291 g/mol. The molecule has 1 aliphatic heterocycles. The third-order valence-corrected chi connectivity index (χ3v) is 4.00. The predicted octanol–water partition coefficient (Wildman–Crippen LogP) is 3.04. The molecule has 5 heteroatoms. The van der Waals surface area contributed by atoms with Gasteiger partial charge in [0, 0.05) is 29.7 Å². The molecule has 2 aromatic heterocycles. The summed E-state index contributed by atoms with van der Waals surface area (Å²) in [5.74, 6) is 0.492. The van der Waals surface area contributed by atoms with Gasteiger partial charge < -0.3 is 5.73 Å². The molecule has 110 valence electrons. The molecule has 0 spiro atoms. The van der Waals surface area contributed by atoms with Crippen LogP contribution in [0.25, 0.3) is 27.4 Å². The van der Waals surface area contributed by atoms with Gasteiger partial charge in [0.1, 0.15) is 5.52 Å². The molecular formula is C17H17N5. The van der Waals surface area contributed by atoms with Crippen LogP contribution in [0.2, 0.25) is 0 Å². The smallest absolute Gasteiger partial charge is 0.152 e. The minimum Gasteiger partial charge on any atom is -0.382 e. The number of benzene rings is 1. The minimum absolute atomic E-state index is 0.492. The van der Waals surface area contributed by atoms with Gasteiger partial charge in [0.2, 0.25) is 0 Å². The van der Waals surface area contributed by atoms with E-state index < -0.39 is 0 Å². The summed E-state index contributed by atoms with van der Waals surface area (Å²) in [5, 5.41) is 6.71. The molecule has 1 aliphatic rings. The lowest BCUT2D eigenvalue weighted by Crippen LogP contribution is -1.97. The van der Waals surface area contributed by atoms with Crippen LogP contribution in [0.5, 0.6) is 0 Å². The van der Waals surface area contributed by atoms with Gasteiger partial charge in [0.05, 0.1) is 12.1 Å². The zero-order valence-electron chi connectivity index (χ0n) is 12.5. The van der Waals surface area contributed by atoms with Crippen molar-refractivity contribution in [2.45, 2.75) is 19.9 Å². The van der Waals surface area contributed by atoms with Crippen molar-refractivity contribution in [2.24, 2.45) is 4.99 Å². The second-order valence-electron chi connectivity index (χ2n) is 5.57. The summed E-state index contributed by atoms with van der Waals surface area (Å²) in [6, 6.07) is 6.32. The maximum absolute atomic E-state index is 6.11. The zero-order valence-corrected chi connectivity index (χ0v) is 12.5. The van der Waals surface area contributed by atoms with Gasteiger partial charge in [-0.3, -0.25) is 9.67 Å². The van der Waals surface area contributed by atoms with E-state index in [1.165, 1.54) is 5.57 Å². The first-order valence-electron chi connectivity index (χ1n) is 7.52. The number of fused-ring (bicyclic) bond motifs is 3. The van der Waals surface area contributed by atoms with Gasteiger partial charge in [-0.25, -0.2) is 4.98 Å². The third kappa shape index (κ3) is 1.97. The molecule has 5 nitrogen and oxygen atoms in total. The molecule has 3 heterocycles. The van der Waals surface area contributed by atoms with Crippen molar-refractivity contribution in [2.75, 3.05) is 12.3 Å². The Hall–Kier alpha value is -2.69. The lowest BCUT2D eigenvalue weighted by atomic mass is 10.0. The fourth-order valence-electron chi connectivity index (χ4n) is 2.92. The molecular weight excluding hydrogens is 274 g/mol. The van der Waals surface area contributed by atoms with E-state index in [1.807, 2.05) is 17.0 Å². The fourth-order valence-corrected chi connectivity index (χ4v) is 2.92. The molecule has 0 radical (unpaired) electrons. The molecule has 22 heavy (non-hydrogen) atoms. The van der Waals surface area contributed by atoms with Gasteiger partial charge in [0.25, 0.3) is 0 Å². The number of aryl methyl sites for hydroxylation is 1. The Morgan fingerprint density at radius 1 is 1.27 bits per heavy atom. The average Bonchev–Trinajstić information content (AvgIpc) is 3.17. The van der Waals surface area contributed by atoms with E-state index in [2.05, 4.69) is 46.4 Å². The van der Waals surface area contributed by atoms with Crippen LogP contribution in [0.4, 0.5) is 5.82 Å². The Bertz CT molecular complexity index is 933. The molecule has 0 fully saturated rings. The third-order valence-electron chi connectivity index (χ3n) is 4.00. The molecule has 0 atom stereocenters. The molecule has 0 aliphatic carbocycles. The van der Waals surface area contributed by atoms with E-state index in [-0.39, 0.29) is 0 Å². The summed E-state index contributed by atoms with van der Waals surface area (Å²) in [5.41, 5.74) is 10.2. The standard InChI is InChI=1S/C17H17N5/c1-2-7-22-10-14-13-4-3-11(12-5-6-19-9-12)8-15(13)20-17(18)16(14)21-22/h3-6,8,10H,2,7,9H2,1H3,(H2,18,20). The highest BCUT2D eigenvalue weighted by molar-refractivity contribution is 6.08. The van der Waals surface area contributed by atoms with Crippen molar-refractivity contribution in [1.29, 1.82) is 0 Å². The first kappa shape index (κ1) is 13.0. The summed E-state index contributed by atoms with van der Waals surface area (Å²) in [4.78, 5) is 8.78. The number of aliphatic imine (C=N–C) groups is 1. The minimum atomic E-state index is 0.492. The highest BCUT2D eigenvalue weighted by Gasteiger charge is 2.12. The van der Waals surface area contributed by atoms with Crippen molar-refractivity contribution >= 4 is 39.4 Å². The Labute approximate surface area is 128 Å². The highest BCUT2D eigenvalue weighted by Crippen LogP contribution is 2.29. The first-order valence-corrected chi connectivity index (χ1v) is 7.52. The lowest BCUT2D eigenvalue weighted by molar-refractivity contribution is 0.609. The molecule has 4 rings (SSSR count). The number of rotatable bonds is 3. The van der Waals surface area contributed by atoms with E-state index >= 15 is 0 Å². The largest absolute Gasteiger partial charge is 0.382 e. The first-order chi connectivity index (χ1) is 10.8. The van der Waals surface area contributed by atoms with Crippen LogP contribution in [0.15, 0.2) is 35.5 Å². The summed E-state index contributed by atoms with van der Waals surface area (Å²) in [7, 11) is 0. The van der Waals surface area contributed by atoms with Crippen molar-refractivity contribution in [3.05, 3.63) is 36.0 Å². The molecule has 0 saturated heterocycles. The molecule has 0 saturated carbocycles. The van der Waals surface area contributed by atoms with Crippen molar-refractivity contribution < 1.29 is 0 Å². The summed E-state index contributed by atoms with van der Waals surface area (Å²) in [6.45, 7) is 3.76. The maximum Gasteiger partial charge on any atom is 0.152 e. The van der Waals surface area contributed by atoms with Gasteiger partial charge in [0.15, 0.2) is 5.82 Å². The molecule has 1 aromatic carbocycles. The second kappa shape index (κ2) is 4.94. The van der Waals surface area contributed by atoms with Crippen molar-refractivity contribution in [1.82, 2.24) is 14.8 Å². The van der Waals surface area contributed by atoms with Crippen LogP contribution in [0.1, 0.15) is 18.9 Å². The number of allylic oxidation sites excluding steroid dienone is 1. The zero-order chi connectivity index (χ0) is 15.1. The number of nitrogens with two attached hydrogens (primary N) is 1. The number of anilines is 1. The number of nitrogen functional groups attached to an aromatic ring is 1. The summed E-state index contributed by atoms with van der Waals surface area (Å²) in [6.07, 6.45) is 7.00. The number of aromatic nitrogens is 3. The van der Waals surface area contributed by atoms with Crippen LogP contribution in [0.3, 0.4) is 0 Å². The van der Waals surface area contributed by atoms with E-state index in [9.17, 15) is 0 Å². The van der Waals surface area contributed by atoms with Crippen molar-refractivity contribution in [3.8, 4) is 0 Å². The number of pyridine rings is 1. The van der Waals surface area contributed by atoms with E-state index in [4.69, 9.17) is 5.73 Å². The van der Waals surface area contributed by atoms with Crippen LogP contribution < -0.4 is 5.73 Å². The summed E-state index contributed by atoms with van der Waals surface area (Å²) >= 11 is 0. The monoisotopic (exact) mass is 291 g/mol. The topological polar surface area (TPSA) is 69.1 Å². The molecule has 0 amide bonds. The Morgan fingerprint density at radius 2 is 2.18 bits per heavy atom. The van der Waals surface area contributed by atoms with Crippen LogP contribution in [-0.2, 0) is 6.54 Å². The van der Waals surface area contributed by atoms with Crippen molar-refractivity contribution in [3.63, 3.8) is 0 Å². The van der Waals surface area contributed by atoms with Gasteiger partial charge in [-0.2, -0.15) is 5.10 Å². The van der Waals surface area contributed by atoms with E-state index in [0.717, 1.165) is 46.9 Å². The van der Waals surface area contributed by atoms with Crippen LogP contribution in [0, 0.1) is 0 Å². The fraction of sp³-hybridized carbons (Fsp3) is 0.235. The van der Waals surface area contributed by atoms with E-state index in [1.54, 1.807) is 0 Å². The Kier molecular flexibility index (Phi) is 2.92. The lowest BCUT2D eigenvalue weighted by Gasteiger charge is -2.05.